The van der Waals surface area contributed by atoms with E-state index < -0.39 is 40.8 Å². The largest absolute Gasteiger partial charge is 0.435 e. The van der Waals surface area contributed by atoms with Gasteiger partial charge in [0.05, 0.1) is 16.4 Å². The number of hydrogen-bond donors (Lipinski definition) is 2. The van der Waals surface area contributed by atoms with Gasteiger partial charge in [0, 0.05) is 30.1 Å². The SMILES string of the molecule is CC(C)SCCNC(=O)C1=Cc2ccccc2C(Cl)C1NC(=O)c1cc(C(F)(F)F)nn1-c1ncccc1Cl. The maximum Gasteiger partial charge on any atom is 0.435 e. The molecule has 2 atom stereocenters. The van der Waals surface area contributed by atoms with Crippen molar-refractivity contribution in [3.05, 3.63) is 81.8 Å². The number of nitrogens with one attached hydrogen (secondary N) is 2. The Bertz CT molecular complexity index is 1410. The molecule has 2 amide bonds. The Morgan fingerprint density at radius 2 is 1.90 bits per heavy atom. The number of carbonyl (C=O) groups excluding carboxylic acids is 2. The summed E-state index contributed by atoms with van der Waals surface area (Å²) in [5, 5.41) is 8.55. The third-order valence-corrected chi connectivity index (χ3v) is 7.68. The van der Waals surface area contributed by atoms with Gasteiger partial charge in [0.1, 0.15) is 5.69 Å². The number of carbonyl (C=O) groups is 2. The summed E-state index contributed by atoms with van der Waals surface area (Å²) in [6.07, 6.45) is -1.90. The highest BCUT2D eigenvalue weighted by Crippen LogP contribution is 2.37. The standard InChI is InChI=1S/C26H24Cl2F3N5O2S/c1-14(2)39-11-10-33-24(37)17-12-15-6-3-4-7-16(15)21(28)22(17)34-25(38)19-13-20(26(29,30)31)35-36(19)23-18(27)8-5-9-32-23/h3-9,12-14,21-22H,10-11H2,1-2H3,(H,33,37)(H,34,38). The van der Waals surface area contributed by atoms with Crippen molar-refractivity contribution in [1.82, 2.24) is 25.4 Å². The van der Waals surface area contributed by atoms with E-state index in [0.717, 1.165) is 4.68 Å². The number of hydrogen-bond acceptors (Lipinski definition) is 5. The summed E-state index contributed by atoms with van der Waals surface area (Å²) in [7, 11) is 0. The zero-order valence-electron chi connectivity index (χ0n) is 20.8. The van der Waals surface area contributed by atoms with Gasteiger partial charge in [-0.15, -0.1) is 11.6 Å². The van der Waals surface area contributed by atoms with Crippen LogP contribution in [0.25, 0.3) is 11.9 Å². The molecule has 2 unspecified atom stereocenters. The molecule has 0 saturated carbocycles. The average Bonchev–Trinajstić information content (AvgIpc) is 3.34. The minimum absolute atomic E-state index is 0.00980. The fourth-order valence-electron chi connectivity index (χ4n) is 4.00. The van der Waals surface area contributed by atoms with Gasteiger partial charge in [0.25, 0.3) is 5.91 Å². The number of alkyl halides is 4. The Labute approximate surface area is 237 Å². The normalized spacial score (nSPS) is 17.0. The van der Waals surface area contributed by atoms with Gasteiger partial charge in [-0.3, -0.25) is 9.59 Å². The van der Waals surface area contributed by atoms with Crippen LogP contribution in [0.3, 0.4) is 0 Å². The van der Waals surface area contributed by atoms with E-state index in [9.17, 15) is 22.8 Å². The predicted octanol–water partition coefficient (Wildman–Crippen LogP) is 5.67. The molecule has 206 valence electrons. The molecule has 0 radical (unpaired) electrons. The molecule has 7 nitrogen and oxygen atoms in total. The van der Waals surface area contributed by atoms with E-state index in [4.69, 9.17) is 23.2 Å². The van der Waals surface area contributed by atoms with E-state index in [0.29, 0.717) is 34.7 Å². The van der Waals surface area contributed by atoms with E-state index in [1.54, 1.807) is 42.1 Å². The van der Waals surface area contributed by atoms with Crippen molar-refractivity contribution in [3.63, 3.8) is 0 Å². The number of benzene rings is 1. The van der Waals surface area contributed by atoms with Gasteiger partial charge in [-0.2, -0.15) is 30.0 Å². The molecule has 1 aromatic carbocycles. The molecule has 0 saturated heterocycles. The molecule has 1 aliphatic carbocycles. The lowest BCUT2D eigenvalue weighted by molar-refractivity contribution is -0.141. The number of rotatable bonds is 8. The van der Waals surface area contributed by atoms with Crippen LogP contribution in [0.2, 0.25) is 5.02 Å². The Balaban J connectivity index is 1.68. The number of amides is 2. The summed E-state index contributed by atoms with van der Waals surface area (Å²) in [5.74, 6) is -0.864. The van der Waals surface area contributed by atoms with Crippen molar-refractivity contribution in [2.75, 3.05) is 12.3 Å². The molecule has 0 fully saturated rings. The van der Waals surface area contributed by atoms with Crippen LogP contribution in [-0.4, -0.2) is 50.2 Å². The van der Waals surface area contributed by atoms with Crippen LogP contribution >= 0.6 is 35.0 Å². The Morgan fingerprint density at radius 1 is 1.15 bits per heavy atom. The molecule has 0 spiro atoms. The van der Waals surface area contributed by atoms with E-state index in [1.807, 2.05) is 13.8 Å². The smallest absolute Gasteiger partial charge is 0.351 e. The number of nitrogens with zero attached hydrogens (tertiary/aromatic N) is 3. The van der Waals surface area contributed by atoms with Gasteiger partial charge < -0.3 is 10.6 Å². The second kappa shape index (κ2) is 12.0. The van der Waals surface area contributed by atoms with Gasteiger partial charge in [0.2, 0.25) is 5.91 Å². The van der Waals surface area contributed by atoms with Crippen molar-refractivity contribution in [2.45, 2.75) is 36.7 Å². The third-order valence-electron chi connectivity index (χ3n) is 5.79. The Morgan fingerprint density at radius 3 is 2.59 bits per heavy atom. The molecule has 2 N–H and O–H groups in total. The second-order valence-electron chi connectivity index (χ2n) is 8.89. The maximum atomic E-state index is 13.6. The summed E-state index contributed by atoms with van der Waals surface area (Å²) >= 11 is 14.6. The summed E-state index contributed by atoms with van der Waals surface area (Å²) in [5.41, 5.74) is -0.238. The molecular formula is C26H24Cl2F3N5O2S. The third kappa shape index (κ3) is 6.59. The van der Waals surface area contributed by atoms with Crippen molar-refractivity contribution < 1.29 is 22.8 Å². The molecule has 13 heteroatoms. The quantitative estimate of drug-likeness (QED) is 0.258. The number of thioether (sulfide) groups is 1. The highest BCUT2D eigenvalue weighted by atomic mass is 35.5. The summed E-state index contributed by atoms with van der Waals surface area (Å²) < 4.78 is 41.4. The molecule has 1 aliphatic rings. The topological polar surface area (TPSA) is 88.9 Å². The van der Waals surface area contributed by atoms with Crippen LogP contribution in [-0.2, 0) is 11.0 Å². The molecular weight excluding hydrogens is 574 g/mol. The lowest BCUT2D eigenvalue weighted by Gasteiger charge is -2.30. The minimum Gasteiger partial charge on any atom is -0.351 e. The first-order chi connectivity index (χ1) is 18.5. The van der Waals surface area contributed by atoms with Crippen LogP contribution in [0, 0.1) is 0 Å². The average molecular weight is 598 g/mol. The van der Waals surface area contributed by atoms with E-state index in [1.165, 1.54) is 18.3 Å². The second-order valence-corrected chi connectivity index (χ2v) is 11.5. The fourth-order valence-corrected chi connectivity index (χ4v) is 5.29. The van der Waals surface area contributed by atoms with Gasteiger partial charge >= 0.3 is 6.18 Å². The van der Waals surface area contributed by atoms with Gasteiger partial charge in [-0.05, 0) is 34.6 Å². The zero-order valence-corrected chi connectivity index (χ0v) is 23.1. The lowest BCUT2D eigenvalue weighted by Crippen LogP contribution is -2.45. The van der Waals surface area contributed by atoms with E-state index in [2.05, 4.69) is 20.7 Å². The first kappa shape index (κ1) is 29.0. The fraction of sp³-hybridized carbons (Fsp3) is 0.308. The van der Waals surface area contributed by atoms with E-state index in [-0.39, 0.29) is 16.4 Å². The highest BCUT2D eigenvalue weighted by Gasteiger charge is 2.39. The lowest BCUT2D eigenvalue weighted by atomic mass is 9.87. The highest BCUT2D eigenvalue weighted by molar-refractivity contribution is 7.99. The molecule has 0 aliphatic heterocycles. The zero-order chi connectivity index (χ0) is 28.3. The predicted molar refractivity (Wildman–Crippen MR) is 146 cm³/mol. The van der Waals surface area contributed by atoms with Crippen LogP contribution in [0.1, 0.15) is 46.5 Å². The summed E-state index contributed by atoms with van der Waals surface area (Å²) in [4.78, 5) is 30.7. The van der Waals surface area contributed by atoms with Crippen LogP contribution in [0.15, 0.2) is 54.2 Å². The number of aromatic nitrogens is 3. The molecule has 3 aromatic rings. The first-order valence-electron chi connectivity index (χ1n) is 11.9. The van der Waals surface area contributed by atoms with Crippen molar-refractivity contribution in [3.8, 4) is 5.82 Å². The summed E-state index contributed by atoms with van der Waals surface area (Å²) in [6.45, 7) is 4.47. The molecule has 2 heterocycles. The maximum absolute atomic E-state index is 13.6. The minimum atomic E-state index is -4.83. The van der Waals surface area contributed by atoms with Crippen molar-refractivity contribution in [2.24, 2.45) is 0 Å². The van der Waals surface area contributed by atoms with Crippen molar-refractivity contribution in [1.29, 1.82) is 0 Å². The van der Waals surface area contributed by atoms with Crippen LogP contribution in [0.4, 0.5) is 13.2 Å². The number of halogens is 5. The van der Waals surface area contributed by atoms with E-state index >= 15 is 0 Å². The monoisotopic (exact) mass is 597 g/mol. The van der Waals surface area contributed by atoms with Gasteiger partial charge in [-0.25, -0.2) is 9.67 Å². The number of fused-ring (bicyclic) bond motifs is 1. The van der Waals surface area contributed by atoms with Gasteiger partial charge in [0.15, 0.2) is 11.5 Å². The number of pyridine rings is 1. The molecule has 4 rings (SSSR count). The summed E-state index contributed by atoms with van der Waals surface area (Å²) in [6, 6.07) is 9.57. The van der Waals surface area contributed by atoms with Crippen LogP contribution in [0.5, 0.6) is 0 Å². The molecule has 2 aromatic heterocycles. The molecule has 39 heavy (non-hydrogen) atoms. The molecule has 0 bridgehead atoms. The Hall–Kier alpha value is -3.02. The van der Waals surface area contributed by atoms with Crippen molar-refractivity contribution >= 4 is 52.9 Å². The van der Waals surface area contributed by atoms with Crippen LogP contribution < -0.4 is 10.6 Å². The first-order valence-corrected chi connectivity index (χ1v) is 13.8. The van der Waals surface area contributed by atoms with Gasteiger partial charge in [-0.1, -0.05) is 49.7 Å². The Kier molecular flexibility index (Phi) is 8.93.